The van der Waals surface area contributed by atoms with Crippen LogP contribution in [0, 0.1) is 0 Å². The van der Waals surface area contributed by atoms with Gasteiger partial charge in [-0.25, -0.2) is 0 Å². The van der Waals surface area contributed by atoms with E-state index in [0.717, 1.165) is 44.9 Å². The molecule has 0 spiro atoms. The molecule has 0 saturated carbocycles. The first-order valence-electron chi connectivity index (χ1n) is 37.9. The van der Waals surface area contributed by atoms with E-state index in [0.29, 0.717) is 25.9 Å². The van der Waals surface area contributed by atoms with Crippen molar-refractivity contribution in [1.29, 1.82) is 0 Å². The Balaban J connectivity index is 3.29. The largest absolute Gasteiger partial charge is 0.466 e. The molecule has 0 radical (unpaired) electrons. The second-order valence-corrected chi connectivity index (χ2v) is 26.3. The molecule has 1 amide bonds. The Labute approximate surface area is 514 Å². The van der Waals surface area contributed by atoms with Gasteiger partial charge in [-0.2, -0.15) is 0 Å². The number of allylic oxidation sites excluding steroid dienone is 2. The van der Waals surface area contributed by atoms with Crippen molar-refractivity contribution in [2.24, 2.45) is 0 Å². The normalized spacial score (nSPS) is 12.5. The number of aliphatic hydroxyl groups is 2. The van der Waals surface area contributed by atoms with Gasteiger partial charge in [0, 0.05) is 12.8 Å². The summed E-state index contributed by atoms with van der Waals surface area (Å²) >= 11 is 0. The molecule has 488 valence electrons. The van der Waals surface area contributed by atoms with Gasteiger partial charge >= 0.3 is 5.97 Å². The number of carbonyl (C=O) groups is 2. The third-order valence-electron chi connectivity index (χ3n) is 18.1. The zero-order valence-corrected chi connectivity index (χ0v) is 56.0. The predicted molar refractivity (Wildman–Crippen MR) is 361 cm³/mol. The summed E-state index contributed by atoms with van der Waals surface area (Å²) in [7, 11) is 0. The van der Waals surface area contributed by atoms with Crippen LogP contribution in [0.15, 0.2) is 12.2 Å². The number of rotatable bonds is 72. The highest BCUT2D eigenvalue weighted by Gasteiger charge is 2.20. The molecule has 3 N–H and O–H groups in total. The van der Waals surface area contributed by atoms with E-state index in [2.05, 4.69) is 31.3 Å². The summed E-state index contributed by atoms with van der Waals surface area (Å²) in [5.74, 6) is -0.0111. The minimum atomic E-state index is -0.659. The number of unbranched alkanes of at least 4 members (excludes halogenated alkanes) is 59. The molecule has 2 atom stereocenters. The lowest BCUT2D eigenvalue weighted by Gasteiger charge is -2.22. The van der Waals surface area contributed by atoms with E-state index in [9.17, 15) is 19.8 Å². The molecular weight excluding hydrogens is 1010 g/mol. The van der Waals surface area contributed by atoms with Crippen LogP contribution < -0.4 is 5.32 Å². The van der Waals surface area contributed by atoms with E-state index in [-0.39, 0.29) is 18.5 Å². The van der Waals surface area contributed by atoms with Crippen molar-refractivity contribution in [3.8, 4) is 0 Å². The van der Waals surface area contributed by atoms with Crippen LogP contribution in [0.1, 0.15) is 438 Å². The van der Waals surface area contributed by atoms with Crippen molar-refractivity contribution in [2.45, 2.75) is 450 Å². The minimum absolute atomic E-state index is 0.0141. The molecule has 0 heterocycles. The number of hydrogen-bond acceptors (Lipinski definition) is 5. The maximum absolute atomic E-state index is 12.5. The van der Waals surface area contributed by atoms with Crippen LogP contribution in [-0.4, -0.2) is 47.4 Å². The van der Waals surface area contributed by atoms with E-state index >= 15 is 0 Å². The smallest absolute Gasteiger partial charge is 0.305 e. The van der Waals surface area contributed by atoms with Gasteiger partial charge in [0.25, 0.3) is 0 Å². The predicted octanol–water partition coefficient (Wildman–Crippen LogP) is 24.7. The van der Waals surface area contributed by atoms with Crippen LogP contribution in [0.25, 0.3) is 0 Å². The van der Waals surface area contributed by atoms with E-state index < -0.39 is 12.1 Å². The van der Waals surface area contributed by atoms with Crippen LogP contribution in [-0.2, 0) is 14.3 Å². The molecule has 0 saturated heterocycles. The van der Waals surface area contributed by atoms with Crippen molar-refractivity contribution in [2.75, 3.05) is 13.2 Å². The first-order chi connectivity index (χ1) is 40.5. The van der Waals surface area contributed by atoms with Crippen LogP contribution >= 0.6 is 0 Å². The van der Waals surface area contributed by atoms with Gasteiger partial charge in [0.15, 0.2) is 0 Å². The van der Waals surface area contributed by atoms with Gasteiger partial charge in [-0.1, -0.05) is 386 Å². The number of hydrogen-bond donors (Lipinski definition) is 3. The number of aliphatic hydroxyl groups excluding tert-OH is 2. The second-order valence-electron chi connectivity index (χ2n) is 26.3. The Morgan fingerprint density at radius 2 is 0.573 bits per heavy atom. The quantitative estimate of drug-likeness (QED) is 0.0320. The first kappa shape index (κ1) is 80.6. The fourth-order valence-corrected chi connectivity index (χ4v) is 12.3. The molecule has 0 bridgehead atoms. The summed E-state index contributed by atoms with van der Waals surface area (Å²) in [4.78, 5) is 24.6. The standard InChI is InChI=1S/C76H149NO5/c1-3-5-7-9-11-13-15-17-18-42-45-48-52-56-60-64-68-74(79)73(72-78)77-75(80)69-65-61-57-53-49-46-43-40-38-36-34-32-30-28-26-24-22-20-19-21-23-25-27-29-31-33-35-37-39-41-44-47-51-55-59-63-67-71-82-76(81)70-66-62-58-54-50-16-14-12-10-8-6-4-2/h12,14,73-74,78-79H,3-11,13,15-72H2,1-2H3,(H,77,80)/b14-12-. The van der Waals surface area contributed by atoms with Crippen LogP contribution in [0.2, 0.25) is 0 Å². The molecule has 6 heteroatoms. The highest BCUT2D eigenvalue weighted by molar-refractivity contribution is 5.76. The molecule has 0 rings (SSSR count). The minimum Gasteiger partial charge on any atom is -0.466 e. The molecule has 0 aromatic rings. The van der Waals surface area contributed by atoms with E-state index in [4.69, 9.17) is 4.74 Å². The average Bonchev–Trinajstić information content (AvgIpc) is 3.48. The monoisotopic (exact) mass is 1160 g/mol. The lowest BCUT2D eigenvalue weighted by atomic mass is 10.0. The Kier molecular flexibility index (Phi) is 70.8. The van der Waals surface area contributed by atoms with Crippen LogP contribution in [0.3, 0.4) is 0 Å². The van der Waals surface area contributed by atoms with Crippen LogP contribution in [0.5, 0.6) is 0 Å². The van der Waals surface area contributed by atoms with E-state index in [1.807, 2.05) is 0 Å². The summed E-state index contributed by atoms with van der Waals surface area (Å²) in [5, 5.41) is 23.4. The third kappa shape index (κ3) is 67.7. The summed E-state index contributed by atoms with van der Waals surface area (Å²) in [6, 6.07) is -0.536. The zero-order chi connectivity index (χ0) is 59.2. The molecule has 6 nitrogen and oxygen atoms in total. The van der Waals surface area contributed by atoms with Gasteiger partial charge in [0.2, 0.25) is 5.91 Å². The van der Waals surface area contributed by atoms with E-state index in [1.54, 1.807) is 0 Å². The number of carbonyl (C=O) groups excluding carboxylic acids is 2. The number of amides is 1. The number of nitrogens with one attached hydrogen (secondary N) is 1. The maximum Gasteiger partial charge on any atom is 0.305 e. The average molecular weight is 1160 g/mol. The maximum atomic E-state index is 12.5. The third-order valence-corrected chi connectivity index (χ3v) is 18.1. The van der Waals surface area contributed by atoms with Gasteiger partial charge in [-0.05, 0) is 51.4 Å². The van der Waals surface area contributed by atoms with Crippen molar-refractivity contribution < 1.29 is 24.5 Å². The van der Waals surface area contributed by atoms with Crippen molar-refractivity contribution in [1.82, 2.24) is 5.32 Å². The lowest BCUT2D eigenvalue weighted by molar-refractivity contribution is -0.143. The Hall–Kier alpha value is -1.40. The SMILES string of the molecule is CCCCC/C=C\CCCCCCCC(=O)OCCCCCCCCCCCCCCCCCCCCCCCCCCCCCCCCCCCCCCCC(=O)NC(CO)C(O)CCCCCCCCCCCCCCCCCC. The van der Waals surface area contributed by atoms with Gasteiger partial charge in [-0.15, -0.1) is 0 Å². The van der Waals surface area contributed by atoms with E-state index in [1.165, 1.54) is 360 Å². The zero-order valence-electron chi connectivity index (χ0n) is 56.0. The second kappa shape index (κ2) is 72.1. The number of ether oxygens (including phenoxy) is 1. The van der Waals surface area contributed by atoms with Crippen LogP contribution in [0.4, 0.5) is 0 Å². The summed E-state index contributed by atoms with van der Waals surface area (Å²) in [6.45, 7) is 4.97. The van der Waals surface area contributed by atoms with Gasteiger partial charge < -0.3 is 20.3 Å². The fourth-order valence-electron chi connectivity index (χ4n) is 12.3. The Morgan fingerprint density at radius 1 is 0.329 bits per heavy atom. The molecule has 0 fully saturated rings. The summed E-state index contributed by atoms with van der Waals surface area (Å²) < 4.78 is 5.48. The molecule has 0 aromatic heterocycles. The highest BCUT2D eigenvalue weighted by atomic mass is 16.5. The Bertz CT molecular complexity index is 1240. The van der Waals surface area contributed by atoms with Gasteiger partial charge in [0.1, 0.15) is 0 Å². The molecule has 0 aliphatic carbocycles. The molecule has 0 aliphatic heterocycles. The fraction of sp³-hybridized carbons (Fsp3) is 0.947. The van der Waals surface area contributed by atoms with Gasteiger partial charge in [0.05, 0.1) is 25.4 Å². The molecule has 2 unspecified atom stereocenters. The van der Waals surface area contributed by atoms with Crippen molar-refractivity contribution in [3.05, 3.63) is 12.2 Å². The lowest BCUT2D eigenvalue weighted by Crippen LogP contribution is -2.45. The first-order valence-corrected chi connectivity index (χ1v) is 37.9. The molecule has 82 heavy (non-hydrogen) atoms. The summed E-state index contributed by atoms with van der Waals surface area (Å²) in [6.07, 6.45) is 90.2. The van der Waals surface area contributed by atoms with Crippen molar-refractivity contribution >= 4 is 11.9 Å². The summed E-state index contributed by atoms with van der Waals surface area (Å²) in [5.41, 5.74) is 0. The Morgan fingerprint density at radius 3 is 0.890 bits per heavy atom. The molecule has 0 aliphatic rings. The molecular formula is C76H149NO5. The topological polar surface area (TPSA) is 95.9 Å². The van der Waals surface area contributed by atoms with Crippen molar-refractivity contribution in [3.63, 3.8) is 0 Å². The van der Waals surface area contributed by atoms with Gasteiger partial charge in [-0.3, -0.25) is 9.59 Å². The highest BCUT2D eigenvalue weighted by Crippen LogP contribution is 2.20. The molecule has 0 aromatic carbocycles. The number of esters is 1.